The van der Waals surface area contributed by atoms with E-state index in [1.807, 2.05) is 19.9 Å². The first-order valence-electron chi connectivity index (χ1n) is 6.12. The lowest BCUT2D eigenvalue weighted by atomic mass is 9.78. The quantitative estimate of drug-likeness (QED) is 0.815. The van der Waals surface area contributed by atoms with Crippen LogP contribution >= 0.6 is 0 Å². The number of ether oxygens (including phenoxy) is 2. The number of benzene rings is 1. The van der Waals surface area contributed by atoms with Crippen LogP contribution in [0.3, 0.4) is 0 Å². The number of aliphatic hydroxyl groups is 1. The van der Waals surface area contributed by atoms with E-state index in [4.69, 9.17) is 15.2 Å². The van der Waals surface area contributed by atoms with Gasteiger partial charge in [0.2, 0.25) is 0 Å². The summed E-state index contributed by atoms with van der Waals surface area (Å²) in [6.45, 7) is 4.43. The van der Waals surface area contributed by atoms with E-state index in [0.29, 0.717) is 18.0 Å². The van der Waals surface area contributed by atoms with E-state index in [9.17, 15) is 5.11 Å². The molecule has 4 heteroatoms. The van der Waals surface area contributed by atoms with Gasteiger partial charge in [0.25, 0.3) is 0 Å². The van der Waals surface area contributed by atoms with Crippen molar-refractivity contribution in [3.8, 4) is 11.5 Å². The predicted molar refractivity (Wildman–Crippen MR) is 72.0 cm³/mol. The molecular formula is C14H23NO3. The Labute approximate surface area is 109 Å². The van der Waals surface area contributed by atoms with Gasteiger partial charge in [-0.1, -0.05) is 19.9 Å². The normalized spacial score (nSPS) is 15.9. The van der Waals surface area contributed by atoms with E-state index in [0.717, 1.165) is 12.0 Å². The maximum Gasteiger partial charge on any atom is 0.161 e. The van der Waals surface area contributed by atoms with Gasteiger partial charge in [-0.05, 0) is 24.1 Å². The van der Waals surface area contributed by atoms with Crippen molar-refractivity contribution in [3.05, 3.63) is 23.8 Å². The molecule has 1 aromatic rings. The Balaban J connectivity index is 3.10. The molecule has 0 spiro atoms. The van der Waals surface area contributed by atoms with Gasteiger partial charge in [-0.15, -0.1) is 0 Å². The minimum Gasteiger partial charge on any atom is -0.493 e. The molecule has 0 heterocycles. The number of hydrogen-bond donors (Lipinski definition) is 2. The van der Waals surface area contributed by atoms with Crippen molar-refractivity contribution >= 4 is 0 Å². The van der Waals surface area contributed by atoms with E-state index in [2.05, 4.69) is 0 Å². The Morgan fingerprint density at radius 1 is 1.28 bits per heavy atom. The standard InChI is InChI=1S/C14H23NO3/c1-5-14(2,9-15)13(16)10-6-7-11(17-3)12(8-10)18-4/h6-8,13,16H,5,9,15H2,1-4H3. The van der Waals surface area contributed by atoms with Crippen molar-refractivity contribution < 1.29 is 14.6 Å². The van der Waals surface area contributed by atoms with Crippen LogP contribution in [0.4, 0.5) is 0 Å². The zero-order valence-electron chi connectivity index (χ0n) is 11.6. The maximum absolute atomic E-state index is 10.4. The van der Waals surface area contributed by atoms with E-state index < -0.39 is 6.10 Å². The summed E-state index contributed by atoms with van der Waals surface area (Å²) in [5, 5.41) is 10.4. The highest BCUT2D eigenvalue weighted by Gasteiger charge is 2.31. The molecule has 0 aliphatic carbocycles. The Bertz CT molecular complexity index is 389. The molecule has 102 valence electrons. The van der Waals surface area contributed by atoms with Gasteiger partial charge in [0, 0.05) is 12.0 Å². The fraction of sp³-hybridized carbons (Fsp3) is 0.571. The van der Waals surface area contributed by atoms with Crippen LogP contribution in [0.1, 0.15) is 31.9 Å². The summed E-state index contributed by atoms with van der Waals surface area (Å²) in [5.41, 5.74) is 6.23. The molecule has 0 aliphatic heterocycles. The first-order valence-corrected chi connectivity index (χ1v) is 6.12. The predicted octanol–water partition coefficient (Wildman–Crippen LogP) is 2.11. The molecule has 0 fully saturated rings. The van der Waals surface area contributed by atoms with Crippen LogP contribution in [-0.2, 0) is 0 Å². The average molecular weight is 253 g/mol. The smallest absolute Gasteiger partial charge is 0.161 e. The Morgan fingerprint density at radius 2 is 1.89 bits per heavy atom. The number of hydrogen-bond acceptors (Lipinski definition) is 4. The zero-order valence-corrected chi connectivity index (χ0v) is 11.6. The van der Waals surface area contributed by atoms with Crippen molar-refractivity contribution in [2.45, 2.75) is 26.4 Å². The number of methoxy groups -OCH3 is 2. The third kappa shape index (κ3) is 2.76. The lowest BCUT2D eigenvalue weighted by Gasteiger charge is -2.32. The molecule has 0 saturated heterocycles. The largest absolute Gasteiger partial charge is 0.493 e. The minimum atomic E-state index is -0.618. The SMILES string of the molecule is CCC(C)(CN)C(O)c1ccc(OC)c(OC)c1. The lowest BCUT2D eigenvalue weighted by molar-refractivity contribution is 0.0389. The van der Waals surface area contributed by atoms with Gasteiger partial charge < -0.3 is 20.3 Å². The van der Waals surface area contributed by atoms with Gasteiger partial charge in [-0.25, -0.2) is 0 Å². The molecule has 2 atom stereocenters. The third-order valence-corrected chi connectivity index (χ3v) is 3.66. The number of rotatable bonds is 6. The van der Waals surface area contributed by atoms with Crippen LogP contribution in [0.25, 0.3) is 0 Å². The summed E-state index contributed by atoms with van der Waals surface area (Å²) in [6, 6.07) is 5.44. The van der Waals surface area contributed by atoms with Gasteiger partial charge in [-0.2, -0.15) is 0 Å². The van der Waals surface area contributed by atoms with Crippen molar-refractivity contribution in [1.29, 1.82) is 0 Å². The molecule has 1 rings (SSSR count). The molecule has 0 aromatic heterocycles. The topological polar surface area (TPSA) is 64.7 Å². The summed E-state index contributed by atoms with van der Waals surface area (Å²) in [6.07, 6.45) is 0.186. The first-order chi connectivity index (χ1) is 8.52. The molecule has 3 N–H and O–H groups in total. The second-order valence-corrected chi connectivity index (χ2v) is 4.73. The fourth-order valence-corrected chi connectivity index (χ4v) is 1.87. The van der Waals surface area contributed by atoms with E-state index in [1.165, 1.54) is 0 Å². The second kappa shape index (κ2) is 6.07. The molecule has 2 unspecified atom stereocenters. The lowest BCUT2D eigenvalue weighted by Crippen LogP contribution is -2.33. The van der Waals surface area contributed by atoms with Gasteiger partial charge in [-0.3, -0.25) is 0 Å². The second-order valence-electron chi connectivity index (χ2n) is 4.73. The zero-order chi connectivity index (χ0) is 13.8. The Kier molecular flexibility index (Phi) is 4.99. The van der Waals surface area contributed by atoms with Gasteiger partial charge in [0.15, 0.2) is 11.5 Å². The van der Waals surface area contributed by atoms with Crippen molar-refractivity contribution in [2.75, 3.05) is 20.8 Å². The van der Waals surface area contributed by atoms with Gasteiger partial charge in [0.1, 0.15) is 0 Å². The molecule has 0 radical (unpaired) electrons. The van der Waals surface area contributed by atoms with Crippen LogP contribution < -0.4 is 15.2 Å². The van der Waals surface area contributed by atoms with Crippen LogP contribution in [0.15, 0.2) is 18.2 Å². The Morgan fingerprint density at radius 3 is 2.33 bits per heavy atom. The van der Waals surface area contributed by atoms with Crippen LogP contribution in [0.2, 0.25) is 0 Å². The average Bonchev–Trinajstić information content (AvgIpc) is 2.44. The summed E-state index contributed by atoms with van der Waals surface area (Å²) < 4.78 is 10.4. The van der Waals surface area contributed by atoms with Crippen molar-refractivity contribution in [1.82, 2.24) is 0 Å². The molecule has 0 amide bonds. The van der Waals surface area contributed by atoms with Crippen molar-refractivity contribution in [2.24, 2.45) is 11.1 Å². The molecule has 0 saturated carbocycles. The van der Waals surface area contributed by atoms with Crippen molar-refractivity contribution in [3.63, 3.8) is 0 Å². The molecule has 0 aliphatic rings. The summed E-state index contributed by atoms with van der Waals surface area (Å²) in [7, 11) is 3.17. The highest BCUT2D eigenvalue weighted by atomic mass is 16.5. The number of nitrogens with two attached hydrogens (primary N) is 1. The summed E-state index contributed by atoms with van der Waals surface area (Å²) >= 11 is 0. The summed E-state index contributed by atoms with van der Waals surface area (Å²) in [5.74, 6) is 1.27. The molecule has 4 nitrogen and oxygen atoms in total. The van der Waals surface area contributed by atoms with E-state index in [1.54, 1.807) is 26.4 Å². The first kappa shape index (κ1) is 14.8. The highest BCUT2D eigenvalue weighted by molar-refractivity contribution is 5.43. The highest BCUT2D eigenvalue weighted by Crippen LogP contribution is 2.38. The van der Waals surface area contributed by atoms with Gasteiger partial charge in [0.05, 0.1) is 20.3 Å². The summed E-state index contributed by atoms with van der Waals surface area (Å²) in [4.78, 5) is 0. The fourth-order valence-electron chi connectivity index (χ4n) is 1.87. The van der Waals surface area contributed by atoms with Crippen LogP contribution in [0.5, 0.6) is 11.5 Å². The minimum absolute atomic E-state index is 0.334. The number of aliphatic hydroxyl groups excluding tert-OH is 1. The van der Waals surface area contributed by atoms with E-state index >= 15 is 0 Å². The Hall–Kier alpha value is -1.26. The monoisotopic (exact) mass is 253 g/mol. The maximum atomic E-state index is 10.4. The molecular weight excluding hydrogens is 230 g/mol. The van der Waals surface area contributed by atoms with Crippen LogP contribution in [-0.4, -0.2) is 25.9 Å². The molecule has 1 aromatic carbocycles. The molecule has 18 heavy (non-hydrogen) atoms. The van der Waals surface area contributed by atoms with E-state index in [-0.39, 0.29) is 5.41 Å². The van der Waals surface area contributed by atoms with Crippen LogP contribution in [0, 0.1) is 5.41 Å². The third-order valence-electron chi connectivity index (χ3n) is 3.66. The molecule has 0 bridgehead atoms. The van der Waals surface area contributed by atoms with Gasteiger partial charge >= 0.3 is 0 Å².